The summed E-state index contributed by atoms with van der Waals surface area (Å²) in [5, 5.41) is 4.17. The second-order valence-electron chi connectivity index (χ2n) is 4.07. The Bertz CT molecular complexity index is 578. The van der Waals surface area contributed by atoms with E-state index in [0.717, 1.165) is 5.69 Å². The number of methoxy groups -OCH3 is 1. The van der Waals surface area contributed by atoms with Gasteiger partial charge in [-0.25, -0.2) is 0 Å². The van der Waals surface area contributed by atoms with Gasteiger partial charge in [-0.2, -0.15) is 5.10 Å². The van der Waals surface area contributed by atoms with Crippen LogP contribution in [0.4, 0.5) is 0 Å². The lowest BCUT2D eigenvalue weighted by atomic mass is 10.1. The van der Waals surface area contributed by atoms with E-state index in [-0.39, 0.29) is 5.78 Å². The van der Waals surface area contributed by atoms with Gasteiger partial charge >= 0.3 is 0 Å². The summed E-state index contributed by atoms with van der Waals surface area (Å²) in [6.45, 7) is 2.91. The van der Waals surface area contributed by atoms with Crippen LogP contribution in [-0.2, 0) is 11.3 Å². The second kappa shape index (κ2) is 6.08. The molecule has 0 aliphatic rings. The number of nitrogens with zero attached hydrogens (tertiary/aromatic N) is 3. The molecular formula is C13H14BrN3O2. The summed E-state index contributed by atoms with van der Waals surface area (Å²) in [7, 11) is 1.62. The summed E-state index contributed by atoms with van der Waals surface area (Å²) >= 11 is 3.36. The fourth-order valence-corrected chi connectivity index (χ4v) is 2.15. The zero-order valence-corrected chi connectivity index (χ0v) is 12.3. The van der Waals surface area contributed by atoms with Crippen molar-refractivity contribution in [3.8, 4) is 0 Å². The molecule has 0 unspecified atom stereocenters. The number of halogens is 1. The Morgan fingerprint density at radius 3 is 2.84 bits per heavy atom. The fourth-order valence-electron chi connectivity index (χ4n) is 1.67. The lowest BCUT2D eigenvalue weighted by molar-refractivity contribution is 0.102. The molecule has 0 aromatic carbocycles. The monoisotopic (exact) mass is 323 g/mol. The number of aromatic nitrogens is 3. The van der Waals surface area contributed by atoms with E-state index in [1.54, 1.807) is 30.3 Å². The summed E-state index contributed by atoms with van der Waals surface area (Å²) in [5.41, 5.74) is 1.94. The Kier molecular flexibility index (Phi) is 4.44. The Balaban J connectivity index is 2.32. The van der Waals surface area contributed by atoms with E-state index in [2.05, 4.69) is 26.0 Å². The van der Waals surface area contributed by atoms with Gasteiger partial charge in [0.2, 0.25) is 5.78 Å². The quantitative estimate of drug-likeness (QED) is 0.792. The number of carbonyl (C=O) groups is 1. The van der Waals surface area contributed by atoms with Crippen LogP contribution in [0.25, 0.3) is 0 Å². The molecule has 2 heterocycles. The molecule has 2 aromatic rings. The lowest BCUT2D eigenvalue weighted by Crippen LogP contribution is -2.15. The molecule has 0 bridgehead atoms. The van der Waals surface area contributed by atoms with Crippen molar-refractivity contribution in [1.29, 1.82) is 0 Å². The Morgan fingerprint density at radius 2 is 2.21 bits per heavy atom. The Morgan fingerprint density at radius 1 is 1.42 bits per heavy atom. The topological polar surface area (TPSA) is 57.0 Å². The molecule has 0 radical (unpaired) electrons. The van der Waals surface area contributed by atoms with Gasteiger partial charge < -0.3 is 4.74 Å². The standard InChI is InChI=1S/C13H14BrN3O2/c1-9-3-4-10(7-15-9)13(18)12-11(14)8-16-17(12)5-6-19-2/h3-4,7-8H,5-6H2,1-2H3. The van der Waals surface area contributed by atoms with E-state index < -0.39 is 0 Å². The smallest absolute Gasteiger partial charge is 0.213 e. The van der Waals surface area contributed by atoms with Crippen LogP contribution in [0.15, 0.2) is 29.0 Å². The lowest BCUT2D eigenvalue weighted by Gasteiger charge is -2.07. The highest BCUT2D eigenvalue weighted by Crippen LogP contribution is 2.19. The highest BCUT2D eigenvalue weighted by Gasteiger charge is 2.18. The molecule has 0 amide bonds. The molecule has 0 atom stereocenters. The van der Waals surface area contributed by atoms with Crippen molar-refractivity contribution in [2.24, 2.45) is 0 Å². The number of ether oxygens (including phenoxy) is 1. The first kappa shape index (κ1) is 13.9. The van der Waals surface area contributed by atoms with E-state index in [1.165, 1.54) is 0 Å². The molecule has 0 saturated heterocycles. The fraction of sp³-hybridized carbons (Fsp3) is 0.308. The molecule has 100 valence electrons. The molecule has 6 heteroatoms. The SMILES string of the molecule is COCCn1ncc(Br)c1C(=O)c1ccc(C)nc1. The normalized spacial score (nSPS) is 10.7. The minimum absolute atomic E-state index is 0.104. The number of ketones is 1. The summed E-state index contributed by atoms with van der Waals surface area (Å²) in [5.74, 6) is -0.104. The van der Waals surface area contributed by atoms with Crippen LogP contribution in [-0.4, -0.2) is 34.3 Å². The van der Waals surface area contributed by atoms with Crippen LogP contribution in [0.5, 0.6) is 0 Å². The molecule has 5 nitrogen and oxygen atoms in total. The van der Waals surface area contributed by atoms with Crippen LogP contribution in [0.1, 0.15) is 21.7 Å². The van der Waals surface area contributed by atoms with Gasteiger partial charge in [0.25, 0.3) is 0 Å². The zero-order valence-electron chi connectivity index (χ0n) is 10.8. The van der Waals surface area contributed by atoms with Crippen molar-refractivity contribution in [3.05, 3.63) is 46.0 Å². The van der Waals surface area contributed by atoms with Crippen molar-refractivity contribution < 1.29 is 9.53 Å². The molecular weight excluding hydrogens is 310 g/mol. The maximum Gasteiger partial charge on any atom is 0.213 e. The van der Waals surface area contributed by atoms with E-state index in [0.29, 0.717) is 28.9 Å². The molecule has 2 aromatic heterocycles. The van der Waals surface area contributed by atoms with Gasteiger partial charge in [-0.1, -0.05) is 0 Å². The van der Waals surface area contributed by atoms with Gasteiger partial charge in [-0.05, 0) is 35.0 Å². The third kappa shape index (κ3) is 3.08. The van der Waals surface area contributed by atoms with E-state index in [4.69, 9.17) is 4.74 Å². The van der Waals surface area contributed by atoms with Crippen LogP contribution >= 0.6 is 15.9 Å². The first-order valence-electron chi connectivity index (χ1n) is 5.81. The van der Waals surface area contributed by atoms with E-state index in [9.17, 15) is 4.79 Å². The molecule has 0 aliphatic carbocycles. The van der Waals surface area contributed by atoms with E-state index in [1.807, 2.05) is 13.0 Å². The maximum atomic E-state index is 12.5. The minimum Gasteiger partial charge on any atom is -0.383 e. The summed E-state index contributed by atoms with van der Waals surface area (Å²) < 4.78 is 7.32. The number of rotatable bonds is 5. The average Bonchev–Trinajstić information content (AvgIpc) is 2.77. The highest BCUT2D eigenvalue weighted by molar-refractivity contribution is 9.10. The van der Waals surface area contributed by atoms with E-state index >= 15 is 0 Å². The number of hydrogen-bond acceptors (Lipinski definition) is 4. The van der Waals surface area contributed by atoms with Crippen molar-refractivity contribution in [2.45, 2.75) is 13.5 Å². The molecule has 19 heavy (non-hydrogen) atoms. The third-order valence-electron chi connectivity index (χ3n) is 2.69. The van der Waals surface area contributed by atoms with Crippen LogP contribution in [0.2, 0.25) is 0 Å². The van der Waals surface area contributed by atoms with Crippen LogP contribution in [0.3, 0.4) is 0 Å². The Hall–Kier alpha value is -1.53. The van der Waals surface area contributed by atoms with Crippen molar-refractivity contribution >= 4 is 21.7 Å². The predicted molar refractivity (Wildman–Crippen MR) is 74.2 cm³/mol. The molecule has 0 fully saturated rings. The molecule has 0 aliphatic heterocycles. The van der Waals surface area contributed by atoms with Gasteiger partial charge in [0, 0.05) is 24.6 Å². The average molecular weight is 324 g/mol. The summed E-state index contributed by atoms with van der Waals surface area (Å²) in [6.07, 6.45) is 3.20. The summed E-state index contributed by atoms with van der Waals surface area (Å²) in [6, 6.07) is 3.59. The largest absolute Gasteiger partial charge is 0.383 e. The number of carbonyl (C=O) groups excluding carboxylic acids is 1. The summed E-state index contributed by atoms with van der Waals surface area (Å²) in [4.78, 5) is 16.6. The third-order valence-corrected chi connectivity index (χ3v) is 3.27. The maximum absolute atomic E-state index is 12.5. The van der Waals surface area contributed by atoms with Crippen molar-refractivity contribution in [3.63, 3.8) is 0 Å². The molecule has 0 saturated carbocycles. The van der Waals surface area contributed by atoms with Gasteiger partial charge in [0.05, 0.1) is 23.8 Å². The minimum atomic E-state index is -0.104. The van der Waals surface area contributed by atoms with Gasteiger partial charge in [0.15, 0.2) is 0 Å². The van der Waals surface area contributed by atoms with Gasteiger partial charge in [0.1, 0.15) is 5.69 Å². The highest BCUT2D eigenvalue weighted by atomic mass is 79.9. The first-order chi connectivity index (χ1) is 9.13. The van der Waals surface area contributed by atoms with Gasteiger partial charge in [-0.3, -0.25) is 14.5 Å². The number of aryl methyl sites for hydroxylation is 1. The first-order valence-corrected chi connectivity index (χ1v) is 6.60. The Labute approximate surface area is 119 Å². The predicted octanol–water partition coefficient (Wildman–Crippen LogP) is 2.23. The number of hydrogen-bond donors (Lipinski definition) is 0. The zero-order chi connectivity index (χ0) is 13.8. The number of pyridine rings is 1. The molecule has 0 N–H and O–H groups in total. The van der Waals surface area contributed by atoms with Crippen molar-refractivity contribution in [1.82, 2.24) is 14.8 Å². The second-order valence-corrected chi connectivity index (χ2v) is 4.93. The molecule has 0 spiro atoms. The van der Waals surface area contributed by atoms with Crippen LogP contribution < -0.4 is 0 Å². The van der Waals surface area contributed by atoms with Crippen molar-refractivity contribution in [2.75, 3.05) is 13.7 Å². The molecule has 2 rings (SSSR count). The van der Waals surface area contributed by atoms with Crippen LogP contribution in [0, 0.1) is 6.92 Å². The van der Waals surface area contributed by atoms with Gasteiger partial charge in [-0.15, -0.1) is 0 Å².